The van der Waals surface area contributed by atoms with Crippen molar-refractivity contribution in [1.82, 2.24) is 19.6 Å². The SMILES string of the molecule is CCN(CC)c1ccc(Nc2cc(C)nc3ncnn23)cc1. The highest BCUT2D eigenvalue weighted by Gasteiger charge is 2.06. The molecule has 1 aromatic carbocycles. The van der Waals surface area contributed by atoms with Gasteiger partial charge in [0.05, 0.1) is 0 Å². The molecule has 0 radical (unpaired) electrons. The van der Waals surface area contributed by atoms with Crippen molar-refractivity contribution in [1.29, 1.82) is 0 Å². The predicted molar refractivity (Wildman–Crippen MR) is 88.8 cm³/mol. The lowest BCUT2D eigenvalue weighted by Crippen LogP contribution is -2.21. The molecule has 2 aromatic heterocycles. The third kappa shape index (κ3) is 2.72. The van der Waals surface area contributed by atoms with Gasteiger partial charge in [0, 0.05) is 36.2 Å². The van der Waals surface area contributed by atoms with Crippen LogP contribution in [0.5, 0.6) is 0 Å². The van der Waals surface area contributed by atoms with Crippen molar-refractivity contribution in [3.05, 3.63) is 42.4 Å². The fourth-order valence-corrected chi connectivity index (χ4v) is 2.51. The molecule has 6 nitrogen and oxygen atoms in total. The second-order valence-corrected chi connectivity index (χ2v) is 5.10. The summed E-state index contributed by atoms with van der Waals surface area (Å²) in [4.78, 5) is 10.8. The van der Waals surface area contributed by atoms with Crippen LogP contribution in [0.2, 0.25) is 0 Å². The first-order chi connectivity index (χ1) is 10.7. The summed E-state index contributed by atoms with van der Waals surface area (Å²) in [6.45, 7) is 8.29. The number of aryl methyl sites for hydroxylation is 1. The lowest BCUT2D eigenvalue weighted by molar-refractivity contribution is 0.866. The van der Waals surface area contributed by atoms with E-state index < -0.39 is 0 Å². The normalized spacial score (nSPS) is 10.9. The number of benzene rings is 1. The zero-order valence-electron chi connectivity index (χ0n) is 13.1. The number of hydrogen-bond acceptors (Lipinski definition) is 5. The molecular formula is C16H20N6. The van der Waals surface area contributed by atoms with Gasteiger partial charge < -0.3 is 10.2 Å². The minimum absolute atomic E-state index is 0.599. The number of aromatic nitrogens is 4. The van der Waals surface area contributed by atoms with E-state index in [2.05, 4.69) is 63.4 Å². The molecule has 0 amide bonds. The first-order valence-electron chi connectivity index (χ1n) is 7.50. The molecule has 22 heavy (non-hydrogen) atoms. The molecule has 0 aliphatic carbocycles. The van der Waals surface area contributed by atoms with E-state index in [0.717, 1.165) is 30.3 Å². The topological polar surface area (TPSA) is 58.3 Å². The lowest BCUT2D eigenvalue weighted by Gasteiger charge is -2.21. The Balaban J connectivity index is 1.87. The van der Waals surface area contributed by atoms with Gasteiger partial charge in [-0.05, 0) is 45.0 Å². The minimum atomic E-state index is 0.599. The van der Waals surface area contributed by atoms with Crippen molar-refractivity contribution in [2.75, 3.05) is 23.3 Å². The third-order valence-electron chi connectivity index (χ3n) is 3.65. The second kappa shape index (κ2) is 6.01. The number of nitrogens with one attached hydrogen (secondary N) is 1. The summed E-state index contributed by atoms with van der Waals surface area (Å²) in [5.41, 5.74) is 3.15. The van der Waals surface area contributed by atoms with Crippen LogP contribution in [-0.2, 0) is 0 Å². The van der Waals surface area contributed by atoms with Crippen molar-refractivity contribution in [2.45, 2.75) is 20.8 Å². The summed E-state index contributed by atoms with van der Waals surface area (Å²) in [5.74, 6) is 1.46. The van der Waals surface area contributed by atoms with Gasteiger partial charge in [-0.15, -0.1) is 0 Å². The Morgan fingerprint density at radius 1 is 1.14 bits per heavy atom. The lowest BCUT2D eigenvalue weighted by atomic mass is 10.2. The summed E-state index contributed by atoms with van der Waals surface area (Å²) < 4.78 is 1.70. The van der Waals surface area contributed by atoms with Gasteiger partial charge in [-0.1, -0.05) is 0 Å². The summed E-state index contributed by atoms with van der Waals surface area (Å²) >= 11 is 0. The Hall–Kier alpha value is -2.63. The average molecular weight is 296 g/mol. The van der Waals surface area contributed by atoms with Gasteiger partial charge in [-0.25, -0.2) is 4.98 Å². The van der Waals surface area contributed by atoms with Gasteiger partial charge in [0.25, 0.3) is 5.78 Å². The van der Waals surface area contributed by atoms with Gasteiger partial charge in [-0.2, -0.15) is 14.6 Å². The fourth-order valence-electron chi connectivity index (χ4n) is 2.51. The van der Waals surface area contributed by atoms with Crippen molar-refractivity contribution >= 4 is 23.0 Å². The van der Waals surface area contributed by atoms with Crippen LogP contribution in [0.25, 0.3) is 5.78 Å². The maximum atomic E-state index is 4.34. The Kier molecular flexibility index (Phi) is 3.91. The molecule has 2 heterocycles. The molecule has 6 heteroatoms. The van der Waals surface area contributed by atoms with Crippen LogP contribution in [0.4, 0.5) is 17.2 Å². The van der Waals surface area contributed by atoms with Crippen LogP contribution in [0.1, 0.15) is 19.5 Å². The Morgan fingerprint density at radius 3 is 2.55 bits per heavy atom. The molecule has 3 rings (SSSR count). The van der Waals surface area contributed by atoms with Crippen LogP contribution in [0.3, 0.4) is 0 Å². The average Bonchev–Trinajstić information content (AvgIpc) is 2.98. The van der Waals surface area contributed by atoms with Crippen LogP contribution >= 0.6 is 0 Å². The maximum Gasteiger partial charge on any atom is 0.254 e. The molecule has 0 saturated heterocycles. The van der Waals surface area contributed by atoms with Gasteiger partial charge in [0.1, 0.15) is 12.1 Å². The highest BCUT2D eigenvalue weighted by molar-refractivity contribution is 5.62. The van der Waals surface area contributed by atoms with Crippen LogP contribution < -0.4 is 10.2 Å². The molecule has 1 N–H and O–H groups in total. The number of rotatable bonds is 5. The van der Waals surface area contributed by atoms with Crippen LogP contribution in [0.15, 0.2) is 36.7 Å². The van der Waals surface area contributed by atoms with E-state index in [1.54, 1.807) is 4.52 Å². The first-order valence-corrected chi connectivity index (χ1v) is 7.50. The van der Waals surface area contributed by atoms with E-state index in [1.165, 1.54) is 12.0 Å². The summed E-state index contributed by atoms with van der Waals surface area (Å²) in [5, 5.41) is 7.58. The Morgan fingerprint density at radius 2 is 1.86 bits per heavy atom. The van der Waals surface area contributed by atoms with E-state index >= 15 is 0 Å². The van der Waals surface area contributed by atoms with Crippen molar-refractivity contribution in [2.24, 2.45) is 0 Å². The number of nitrogens with zero attached hydrogens (tertiary/aromatic N) is 5. The molecule has 0 unspecified atom stereocenters. The molecular weight excluding hydrogens is 276 g/mol. The molecule has 0 atom stereocenters. The highest BCUT2D eigenvalue weighted by atomic mass is 15.3. The van der Waals surface area contributed by atoms with Gasteiger partial charge in [0.2, 0.25) is 0 Å². The Labute approximate surface area is 129 Å². The van der Waals surface area contributed by atoms with Crippen molar-refractivity contribution in [3.8, 4) is 0 Å². The fraction of sp³-hybridized carbons (Fsp3) is 0.312. The zero-order chi connectivity index (χ0) is 15.5. The van der Waals surface area contributed by atoms with Crippen LogP contribution in [0, 0.1) is 6.92 Å². The molecule has 0 aliphatic rings. The molecule has 0 saturated carbocycles. The summed E-state index contributed by atoms with van der Waals surface area (Å²) in [6, 6.07) is 10.4. The van der Waals surface area contributed by atoms with E-state index in [0.29, 0.717) is 5.78 Å². The van der Waals surface area contributed by atoms with Crippen molar-refractivity contribution in [3.63, 3.8) is 0 Å². The molecule has 114 valence electrons. The molecule has 0 fully saturated rings. The van der Waals surface area contributed by atoms with E-state index in [4.69, 9.17) is 0 Å². The molecule has 3 aromatic rings. The minimum Gasteiger partial charge on any atom is -0.372 e. The summed E-state index contributed by atoms with van der Waals surface area (Å²) in [6.07, 6.45) is 1.51. The maximum absolute atomic E-state index is 4.34. The largest absolute Gasteiger partial charge is 0.372 e. The molecule has 0 spiro atoms. The molecule has 0 aliphatic heterocycles. The summed E-state index contributed by atoms with van der Waals surface area (Å²) in [7, 11) is 0. The monoisotopic (exact) mass is 296 g/mol. The first kappa shape index (κ1) is 14.3. The predicted octanol–water partition coefficient (Wildman–Crippen LogP) is 3.02. The van der Waals surface area contributed by atoms with Crippen molar-refractivity contribution < 1.29 is 0 Å². The second-order valence-electron chi connectivity index (χ2n) is 5.10. The third-order valence-corrected chi connectivity index (χ3v) is 3.65. The van der Waals surface area contributed by atoms with Gasteiger partial charge in [0.15, 0.2) is 0 Å². The van der Waals surface area contributed by atoms with Gasteiger partial charge in [-0.3, -0.25) is 0 Å². The smallest absolute Gasteiger partial charge is 0.254 e. The van der Waals surface area contributed by atoms with Crippen LogP contribution in [-0.4, -0.2) is 32.7 Å². The number of hydrogen-bond donors (Lipinski definition) is 1. The Bertz CT molecular complexity index is 758. The van der Waals surface area contributed by atoms with Gasteiger partial charge >= 0.3 is 0 Å². The quantitative estimate of drug-likeness (QED) is 0.784. The highest BCUT2D eigenvalue weighted by Crippen LogP contribution is 2.21. The standard InChI is InChI=1S/C16H20N6/c1-4-21(5-2)14-8-6-13(7-9-14)20-15-10-12(3)19-16-17-11-18-22(15)16/h6-11,20H,4-5H2,1-3H3. The molecule has 0 bridgehead atoms. The van der Waals surface area contributed by atoms with E-state index in [1.807, 2.05) is 13.0 Å². The van der Waals surface area contributed by atoms with E-state index in [-0.39, 0.29) is 0 Å². The zero-order valence-corrected chi connectivity index (χ0v) is 13.1. The number of fused-ring (bicyclic) bond motifs is 1. The van der Waals surface area contributed by atoms with E-state index in [9.17, 15) is 0 Å². The number of anilines is 3.